The molecule has 0 aliphatic rings. The summed E-state index contributed by atoms with van der Waals surface area (Å²) in [7, 11) is -3.55. The molecule has 0 aliphatic carbocycles. The first-order chi connectivity index (χ1) is 14.8. The second kappa shape index (κ2) is 8.61. The van der Waals surface area contributed by atoms with Crippen molar-refractivity contribution < 1.29 is 8.42 Å². The molecule has 0 atom stereocenters. The van der Waals surface area contributed by atoms with Gasteiger partial charge in [-0.2, -0.15) is 0 Å². The molecule has 0 unspecified atom stereocenters. The zero-order valence-electron chi connectivity index (χ0n) is 18.0. The number of imidazole rings is 1. The fourth-order valence-electron chi connectivity index (χ4n) is 3.61. The maximum atomic E-state index is 12.8. The Hall–Kier alpha value is -3.03. The lowest BCUT2D eigenvalue weighted by atomic mass is 10.1. The number of pyridine rings is 1. The lowest BCUT2D eigenvalue weighted by Crippen LogP contribution is -2.26. The summed E-state index contributed by atoms with van der Waals surface area (Å²) in [6.07, 6.45) is 2.37. The lowest BCUT2D eigenvalue weighted by molar-refractivity contribution is 0.571. The van der Waals surface area contributed by atoms with Crippen LogP contribution in [0, 0.1) is 20.8 Å². The third-order valence-electron chi connectivity index (χ3n) is 5.30. The smallest absolute Gasteiger partial charge is 0.240 e. The highest BCUT2D eigenvalue weighted by Gasteiger charge is 2.17. The van der Waals surface area contributed by atoms with Crippen LogP contribution < -0.4 is 4.72 Å². The van der Waals surface area contributed by atoms with E-state index in [0.717, 1.165) is 33.7 Å². The Kier molecular flexibility index (Phi) is 5.89. The predicted molar refractivity (Wildman–Crippen MR) is 123 cm³/mol. The number of rotatable bonds is 7. The van der Waals surface area contributed by atoms with E-state index in [9.17, 15) is 8.42 Å². The number of aromatic nitrogens is 3. The molecular weight excluding hydrogens is 408 g/mol. The Morgan fingerprint density at radius 2 is 1.71 bits per heavy atom. The van der Waals surface area contributed by atoms with E-state index in [1.807, 2.05) is 38.1 Å². The molecule has 0 fully saturated rings. The summed E-state index contributed by atoms with van der Waals surface area (Å²) >= 11 is 0. The fourth-order valence-corrected chi connectivity index (χ4v) is 5.01. The van der Waals surface area contributed by atoms with Gasteiger partial charge in [-0.15, -0.1) is 0 Å². The van der Waals surface area contributed by atoms with Crippen LogP contribution in [0.2, 0.25) is 0 Å². The van der Waals surface area contributed by atoms with Crippen molar-refractivity contribution in [3.05, 3.63) is 77.5 Å². The van der Waals surface area contributed by atoms with Crippen molar-refractivity contribution in [1.82, 2.24) is 19.3 Å². The second-order valence-corrected chi connectivity index (χ2v) is 9.55. The molecule has 0 amide bonds. The molecule has 2 aromatic carbocycles. The Balaban J connectivity index is 1.53. The maximum Gasteiger partial charge on any atom is 0.240 e. The van der Waals surface area contributed by atoms with Gasteiger partial charge in [0.25, 0.3) is 0 Å². The molecule has 4 aromatic rings. The molecule has 0 spiro atoms. The minimum absolute atomic E-state index is 0.329. The molecule has 160 valence electrons. The van der Waals surface area contributed by atoms with Crippen LogP contribution in [-0.4, -0.2) is 29.5 Å². The molecule has 1 N–H and O–H groups in total. The average molecular weight is 435 g/mol. The van der Waals surface area contributed by atoms with Crippen LogP contribution in [0.15, 0.2) is 65.7 Å². The van der Waals surface area contributed by atoms with Gasteiger partial charge < -0.3 is 4.57 Å². The monoisotopic (exact) mass is 434 g/mol. The highest BCUT2D eigenvalue weighted by molar-refractivity contribution is 7.89. The van der Waals surface area contributed by atoms with Gasteiger partial charge in [-0.05, 0) is 56.5 Å². The van der Waals surface area contributed by atoms with Crippen LogP contribution >= 0.6 is 0 Å². The lowest BCUT2D eigenvalue weighted by Gasteiger charge is -2.12. The summed E-state index contributed by atoms with van der Waals surface area (Å²) < 4.78 is 30.3. The highest BCUT2D eigenvalue weighted by Crippen LogP contribution is 2.24. The number of fused-ring (bicyclic) bond motifs is 1. The van der Waals surface area contributed by atoms with Crippen LogP contribution in [0.3, 0.4) is 0 Å². The first kappa shape index (κ1) is 21.2. The number of benzene rings is 2. The summed E-state index contributed by atoms with van der Waals surface area (Å²) in [6, 6.07) is 17.5. The fraction of sp³-hybridized carbons (Fsp3) is 0.250. The highest BCUT2D eigenvalue weighted by atomic mass is 32.2. The molecule has 0 saturated heterocycles. The third-order valence-corrected chi connectivity index (χ3v) is 6.90. The molecule has 31 heavy (non-hydrogen) atoms. The largest absolute Gasteiger partial charge is 0.309 e. The molecule has 0 aliphatic heterocycles. The zero-order valence-corrected chi connectivity index (χ0v) is 18.8. The summed E-state index contributed by atoms with van der Waals surface area (Å²) in [5.74, 6) is 0.839. The standard InChI is InChI=1S/C24H26N4O2S/c1-17-8-11-20(12-9-17)23-27-21-6-4-13-25-24(21)28(23)15-5-14-26-31(29,30)22-16-18(2)7-10-19(22)3/h4,6-13,16,26H,5,14-15H2,1-3H3. The average Bonchev–Trinajstić information content (AvgIpc) is 3.12. The van der Waals surface area contributed by atoms with Gasteiger partial charge in [0.15, 0.2) is 5.65 Å². The van der Waals surface area contributed by atoms with Crippen molar-refractivity contribution in [1.29, 1.82) is 0 Å². The van der Waals surface area contributed by atoms with Crippen molar-refractivity contribution in [2.45, 2.75) is 38.6 Å². The van der Waals surface area contributed by atoms with Crippen molar-refractivity contribution in [2.24, 2.45) is 0 Å². The quantitative estimate of drug-likeness (QED) is 0.438. The molecule has 0 saturated carbocycles. The number of sulfonamides is 1. The maximum absolute atomic E-state index is 12.8. The van der Waals surface area contributed by atoms with Gasteiger partial charge in [0.1, 0.15) is 11.3 Å². The van der Waals surface area contributed by atoms with Gasteiger partial charge in [0.2, 0.25) is 10.0 Å². The summed E-state index contributed by atoms with van der Waals surface area (Å²) in [5.41, 5.74) is 5.49. The second-order valence-electron chi connectivity index (χ2n) is 7.82. The Labute approximate surface area is 183 Å². The number of hydrogen-bond acceptors (Lipinski definition) is 4. The normalized spacial score (nSPS) is 11.8. The van der Waals surface area contributed by atoms with E-state index in [0.29, 0.717) is 24.4 Å². The first-order valence-corrected chi connectivity index (χ1v) is 11.8. The summed E-state index contributed by atoms with van der Waals surface area (Å²) in [4.78, 5) is 9.61. The van der Waals surface area contributed by atoms with Crippen LogP contribution in [0.4, 0.5) is 0 Å². The number of nitrogens with zero attached hydrogens (tertiary/aromatic N) is 3. The first-order valence-electron chi connectivity index (χ1n) is 10.3. The Morgan fingerprint density at radius 3 is 2.48 bits per heavy atom. The van der Waals surface area contributed by atoms with Crippen molar-refractivity contribution in [3.8, 4) is 11.4 Å². The molecule has 2 aromatic heterocycles. The van der Waals surface area contributed by atoms with Crippen LogP contribution in [0.5, 0.6) is 0 Å². The number of nitrogens with one attached hydrogen (secondary N) is 1. The van der Waals surface area contributed by atoms with Crippen molar-refractivity contribution >= 4 is 21.2 Å². The van der Waals surface area contributed by atoms with E-state index in [1.165, 1.54) is 5.56 Å². The molecule has 4 rings (SSSR count). The molecule has 2 heterocycles. The van der Waals surface area contributed by atoms with Gasteiger partial charge in [-0.25, -0.2) is 23.1 Å². The van der Waals surface area contributed by atoms with E-state index in [-0.39, 0.29) is 0 Å². The Bertz CT molecular complexity index is 1330. The minimum Gasteiger partial charge on any atom is -0.309 e. The molecular formula is C24H26N4O2S. The minimum atomic E-state index is -3.55. The third kappa shape index (κ3) is 4.52. The molecule has 7 heteroatoms. The zero-order chi connectivity index (χ0) is 22.0. The number of aryl methyl sites for hydroxylation is 4. The Morgan fingerprint density at radius 1 is 0.968 bits per heavy atom. The van der Waals surface area contributed by atoms with E-state index in [1.54, 1.807) is 12.3 Å². The van der Waals surface area contributed by atoms with Crippen molar-refractivity contribution in [3.63, 3.8) is 0 Å². The summed E-state index contributed by atoms with van der Waals surface area (Å²) in [5, 5.41) is 0. The van der Waals surface area contributed by atoms with E-state index in [2.05, 4.69) is 45.5 Å². The van der Waals surface area contributed by atoms with E-state index < -0.39 is 10.0 Å². The number of hydrogen-bond donors (Lipinski definition) is 1. The summed E-state index contributed by atoms with van der Waals surface area (Å²) in [6.45, 7) is 6.69. The SMILES string of the molecule is Cc1ccc(-c2nc3cccnc3n2CCCNS(=O)(=O)c2cc(C)ccc2C)cc1. The van der Waals surface area contributed by atoms with Crippen molar-refractivity contribution in [2.75, 3.05) is 6.54 Å². The van der Waals surface area contributed by atoms with E-state index in [4.69, 9.17) is 4.98 Å². The molecule has 0 bridgehead atoms. The van der Waals surface area contributed by atoms with Gasteiger partial charge in [0, 0.05) is 24.8 Å². The van der Waals surface area contributed by atoms with Gasteiger partial charge in [0.05, 0.1) is 4.90 Å². The van der Waals surface area contributed by atoms with E-state index >= 15 is 0 Å². The topological polar surface area (TPSA) is 76.9 Å². The van der Waals surface area contributed by atoms with Crippen LogP contribution in [-0.2, 0) is 16.6 Å². The van der Waals surface area contributed by atoms with Crippen LogP contribution in [0.25, 0.3) is 22.6 Å². The molecule has 0 radical (unpaired) electrons. The van der Waals surface area contributed by atoms with Gasteiger partial charge in [-0.3, -0.25) is 0 Å². The predicted octanol–water partition coefficient (Wildman–Crippen LogP) is 4.39. The van der Waals surface area contributed by atoms with Gasteiger partial charge in [-0.1, -0.05) is 42.0 Å². The molecule has 6 nitrogen and oxygen atoms in total. The van der Waals surface area contributed by atoms with Crippen LogP contribution in [0.1, 0.15) is 23.1 Å². The van der Waals surface area contributed by atoms with Gasteiger partial charge >= 0.3 is 0 Å².